The van der Waals surface area contributed by atoms with E-state index >= 15 is 0 Å². The molecular formula is C24H17N3O4. The summed E-state index contributed by atoms with van der Waals surface area (Å²) in [5.41, 5.74) is 1.98. The number of rotatable bonds is 5. The van der Waals surface area contributed by atoms with Gasteiger partial charge in [0.05, 0.1) is 11.6 Å². The fourth-order valence-electron chi connectivity index (χ4n) is 3.84. The van der Waals surface area contributed by atoms with Crippen LogP contribution in [0.25, 0.3) is 11.0 Å². The first kappa shape index (κ1) is 18.7. The Bertz CT molecular complexity index is 1280. The molecule has 31 heavy (non-hydrogen) atoms. The van der Waals surface area contributed by atoms with E-state index in [-0.39, 0.29) is 17.9 Å². The molecule has 1 aromatic carbocycles. The number of aliphatic hydroxyl groups excluding tert-OH is 1. The number of nitrogens with zero attached hydrogens (tertiary/aromatic N) is 3. The average Bonchev–Trinajstić information content (AvgIpc) is 3.35. The predicted molar refractivity (Wildman–Crippen MR) is 112 cm³/mol. The van der Waals surface area contributed by atoms with E-state index in [0.717, 1.165) is 10.9 Å². The highest BCUT2D eigenvalue weighted by molar-refractivity contribution is 6.15. The molecular weight excluding hydrogens is 394 g/mol. The molecule has 0 spiro atoms. The monoisotopic (exact) mass is 411 g/mol. The van der Waals surface area contributed by atoms with Crippen molar-refractivity contribution in [1.82, 2.24) is 14.9 Å². The second kappa shape index (κ2) is 7.53. The number of hydrogen-bond donors (Lipinski definition) is 1. The topological polar surface area (TPSA) is 96.5 Å². The zero-order valence-corrected chi connectivity index (χ0v) is 16.3. The first-order valence-electron chi connectivity index (χ1n) is 9.69. The zero-order valence-electron chi connectivity index (χ0n) is 16.3. The lowest BCUT2D eigenvalue weighted by atomic mass is 9.96. The lowest BCUT2D eigenvalue weighted by molar-refractivity contribution is -0.130. The molecule has 0 saturated carbocycles. The third-order valence-electron chi connectivity index (χ3n) is 5.30. The maximum atomic E-state index is 13.4. The van der Waals surface area contributed by atoms with Crippen molar-refractivity contribution >= 4 is 22.7 Å². The van der Waals surface area contributed by atoms with E-state index < -0.39 is 23.5 Å². The summed E-state index contributed by atoms with van der Waals surface area (Å²) in [6, 6.07) is 15.1. The normalized spacial score (nSPS) is 16.3. The fourth-order valence-corrected chi connectivity index (χ4v) is 3.84. The van der Waals surface area contributed by atoms with Crippen molar-refractivity contribution in [1.29, 1.82) is 0 Å². The third kappa shape index (κ3) is 3.26. The summed E-state index contributed by atoms with van der Waals surface area (Å²) in [4.78, 5) is 36.0. The van der Waals surface area contributed by atoms with Gasteiger partial charge in [-0.15, -0.1) is 0 Å². The SMILES string of the molecule is O=C(C1=C(O)C(=O)N(Cc2ccncc2)C1c1cccnc1)c1cc2ccccc2o1. The molecule has 0 aliphatic carbocycles. The van der Waals surface area contributed by atoms with Crippen LogP contribution in [0.1, 0.15) is 27.7 Å². The zero-order chi connectivity index (χ0) is 21.4. The summed E-state index contributed by atoms with van der Waals surface area (Å²) in [6.07, 6.45) is 6.45. The predicted octanol–water partition coefficient (Wildman–Crippen LogP) is 4.00. The standard InChI is InChI=1S/C24H17N3O4/c28-22(19-12-16-4-1-2-6-18(16)31-19)20-21(17-5-3-9-26-13-17)27(24(30)23(20)29)14-15-7-10-25-11-8-15/h1-13,21,29H,14H2. The Morgan fingerprint density at radius 1 is 1.03 bits per heavy atom. The van der Waals surface area contributed by atoms with Gasteiger partial charge in [0.2, 0.25) is 5.78 Å². The molecule has 1 amide bonds. The fraction of sp³-hybridized carbons (Fsp3) is 0.0833. The second-order valence-corrected chi connectivity index (χ2v) is 7.22. The van der Waals surface area contributed by atoms with Crippen LogP contribution in [0, 0.1) is 0 Å². The van der Waals surface area contributed by atoms with Crippen LogP contribution in [-0.2, 0) is 11.3 Å². The summed E-state index contributed by atoms with van der Waals surface area (Å²) in [5, 5.41) is 11.5. The van der Waals surface area contributed by atoms with Crippen molar-refractivity contribution in [3.8, 4) is 0 Å². The van der Waals surface area contributed by atoms with Gasteiger partial charge in [0, 0.05) is 36.7 Å². The number of benzene rings is 1. The number of hydrogen-bond acceptors (Lipinski definition) is 6. The molecule has 1 aliphatic heterocycles. The second-order valence-electron chi connectivity index (χ2n) is 7.22. The number of pyridine rings is 2. The van der Waals surface area contributed by atoms with Gasteiger partial charge in [-0.1, -0.05) is 24.3 Å². The maximum Gasteiger partial charge on any atom is 0.290 e. The van der Waals surface area contributed by atoms with Gasteiger partial charge in [-0.2, -0.15) is 0 Å². The Balaban J connectivity index is 1.59. The van der Waals surface area contributed by atoms with E-state index in [1.807, 2.05) is 18.2 Å². The minimum absolute atomic E-state index is 0.0221. The van der Waals surface area contributed by atoms with Crippen molar-refractivity contribution in [3.05, 3.63) is 108 Å². The van der Waals surface area contributed by atoms with Crippen molar-refractivity contribution in [2.45, 2.75) is 12.6 Å². The minimum atomic E-state index is -0.796. The molecule has 0 radical (unpaired) electrons. The van der Waals surface area contributed by atoms with E-state index in [9.17, 15) is 14.7 Å². The highest BCUT2D eigenvalue weighted by atomic mass is 16.3. The minimum Gasteiger partial charge on any atom is -0.503 e. The number of Topliss-reactive ketones (excluding diaryl/α,β-unsaturated/α-hetero) is 1. The number of amides is 1. The molecule has 3 aromatic heterocycles. The van der Waals surface area contributed by atoms with Crippen molar-refractivity contribution in [2.24, 2.45) is 0 Å². The van der Waals surface area contributed by atoms with Gasteiger partial charge in [0.1, 0.15) is 5.58 Å². The van der Waals surface area contributed by atoms with Gasteiger partial charge in [0.15, 0.2) is 11.5 Å². The van der Waals surface area contributed by atoms with Gasteiger partial charge in [-0.25, -0.2) is 0 Å². The highest BCUT2D eigenvalue weighted by Gasteiger charge is 2.44. The third-order valence-corrected chi connectivity index (χ3v) is 5.30. The summed E-state index contributed by atoms with van der Waals surface area (Å²) < 4.78 is 5.72. The molecule has 7 heteroatoms. The van der Waals surface area contributed by atoms with Crippen LogP contribution in [0.2, 0.25) is 0 Å². The van der Waals surface area contributed by atoms with Crippen LogP contribution in [0.5, 0.6) is 0 Å². The summed E-state index contributed by atoms with van der Waals surface area (Å²) in [5.74, 6) is -1.66. The highest BCUT2D eigenvalue weighted by Crippen LogP contribution is 2.40. The average molecular weight is 411 g/mol. The molecule has 152 valence electrons. The number of ketones is 1. The number of furan rings is 1. The number of aliphatic hydroxyl groups is 1. The molecule has 1 atom stereocenters. The van der Waals surface area contributed by atoms with Crippen molar-refractivity contribution in [2.75, 3.05) is 0 Å². The van der Waals surface area contributed by atoms with Crippen LogP contribution in [0.4, 0.5) is 0 Å². The number of carbonyl (C=O) groups is 2. The summed E-state index contributed by atoms with van der Waals surface area (Å²) in [6.45, 7) is 0.196. The van der Waals surface area contributed by atoms with Crippen LogP contribution in [0.15, 0.2) is 95.1 Å². The van der Waals surface area contributed by atoms with E-state index in [4.69, 9.17) is 4.42 Å². The quantitative estimate of drug-likeness (QED) is 0.499. The van der Waals surface area contributed by atoms with Gasteiger partial charge in [0.25, 0.3) is 5.91 Å². The van der Waals surface area contributed by atoms with E-state index in [0.29, 0.717) is 11.1 Å². The lowest BCUT2D eigenvalue weighted by Gasteiger charge is -2.26. The molecule has 1 unspecified atom stereocenters. The maximum absolute atomic E-state index is 13.4. The smallest absolute Gasteiger partial charge is 0.290 e. The van der Waals surface area contributed by atoms with E-state index in [1.165, 1.54) is 4.90 Å². The van der Waals surface area contributed by atoms with Crippen molar-refractivity contribution in [3.63, 3.8) is 0 Å². The molecule has 7 nitrogen and oxygen atoms in total. The van der Waals surface area contributed by atoms with Gasteiger partial charge < -0.3 is 14.4 Å². The Kier molecular flexibility index (Phi) is 4.55. The summed E-state index contributed by atoms with van der Waals surface area (Å²) in [7, 11) is 0. The molecule has 5 rings (SSSR count). The molecule has 4 heterocycles. The van der Waals surface area contributed by atoms with Crippen molar-refractivity contribution < 1.29 is 19.1 Å². The number of para-hydroxylation sites is 1. The van der Waals surface area contributed by atoms with Gasteiger partial charge in [-0.3, -0.25) is 19.6 Å². The molecule has 0 bridgehead atoms. The molecule has 1 N–H and O–H groups in total. The number of fused-ring (bicyclic) bond motifs is 1. The Morgan fingerprint density at radius 2 is 1.84 bits per heavy atom. The molecule has 1 aliphatic rings. The molecule has 0 fully saturated rings. The van der Waals surface area contributed by atoms with Gasteiger partial charge >= 0.3 is 0 Å². The van der Waals surface area contributed by atoms with Crippen LogP contribution in [0.3, 0.4) is 0 Å². The Morgan fingerprint density at radius 3 is 2.58 bits per heavy atom. The first-order valence-corrected chi connectivity index (χ1v) is 9.69. The van der Waals surface area contributed by atoms with E-state index in [1.54, 1.807) is 61.2 Å². The van der Waals surface area contributed by atoms with Gasteiger partial charge in [-0.05, 0) is 41.5 Å². The molecule has 4 aromatic rings. The largest absolute Gasteiger partial charge is 0.503 e. The van der Waals surface area contributed by atoms with Crippen LogP contribution >= 0.6 is 0 Å². The Hall–Kier alpha value is -4.26. The summed E-state index contributed by atoms with van der Waals surface area (Å²) >= 11 is 0. The van der Waals surface area contributed by atoms with Crippen LogP contribution in [-0.4, -0.2) is 31.7 Å². The van der Waals surface area contributed by atoms with Crippen LogP contribution < -0.4 is 0 Å². The lowest BCUT2D eigenvalue weighted by Crippen LogP contribution is -2.30. The Labute approximate surface area is 177 Å². The molecule has 0 saturated heterocycles. The first-order chi connectivity index (χ1) is 15.1. The number of aromatic nitrogens is 2. The number of carbonyl (C=O) groups excluding carboxylic acids is 2. The van der Waals surface area contributed by atoms with E-state index in [2.05, 4.69) is 9.97 Å².